The lowest BCUT2D eigenvalue weighted by molar-refractivity contribution is -0.0868. The normalized spacial score (nSPS) is 22.2. The molecule has 0 aliphatic heterocycles. The number of aromatic nitrogens is 2. The van der Waals surface area contributed by atoms with E-state index in [1.807, 2.05) is 0 Å². The highest BCUT2D eigenvalue weighted by molar-refractivity contribution is 7.15. The molecule has 0 saturated heterocycles. The molecule has 6 heteroatoms. The van der Waals surface area contributed by atoms with Crippen LogP contribution < -0.4 is 5.73 Å². The fraction of sp³-hybridized carbons (Fsp3) is 0.667. The van der Waals surface area contributed by atoms with E-state index in [1.54, 1.807) is 0 Å². The number of halogens is 2. The van der Waals surface area contributed by atoms with E-state index < -0.39 is 5.92 Å². The van der Waals surface area contributed by atoms with Crippen LogP contribution in [0.25, 0.3) is 0 Å². The van der Waals surface area contributed by atoms with Gasteiger partial charge in [-0.2, -0.15) is 0 Å². The quantitative estimate of drug-likeness (QED) is 0.734. The van der Waals surface area contributed by atoms with Gasteiger partial charge in [-0.25, -0.2) is 8.78 Å². The molecule has 3 nitrogen and oxygen atoms in total. The Morgan fingerprint density at radius 2 is 2.08 bits per heavy atom. The maximum Gasteiger partial charge on any atom is 0.249 e. The first kappa shape index (κ1) is 7.85. The number of hydrogen-bond donors (Lipinski definition) is 1. The van der Waals surface area contributed by atoms with Crippen LogP contribution in [0.4, 0.5) is 13.9 Å². The minimum atomic E-state index is -2.49. The SMILES string of the molecule is Nc1nnc(C2CC(F)(F)C2)s1. The Hall–Kier alpha value is -0.780. The first-order chi connectivity index (χ1) is 5.57. The van der Waals surface area contributed by atoms with Crippen molar-refractivity contribution < 1.29 is 8.78 Å². The molecule has 66 valence electrons. The predicted octanol–water partition coefficient (Wildman–Crippen LogP) is 1.63. The lowest BCUT2D eigenvalue weighted by Crippen LogP contribution is -2.33. The summed E-state index contributed by atoms with van der Waals surface area (Å²) in [6, 6.07) is 0. The Kier molecular flexibility index (Phi) is 1.54. The monoisotopic (exact) mass is 191 g/mol. The highest BCUT2D eigenvalue weighted by Gasteiger charge is 2.47. The van der Waals surface area contributed by atoms with E-state index in [0.29, 0.717) is 10.1 Å². The maximum atomic E-state index is 12.4. The lowest BCUT2D eigenvalue weighted by Gasteiger charge is -2.32. The molecule has 12 heavy (non-hydrogen) atoms. The second-order valence-electron chi connectivity index (χ2n) is 2.94. The Morgan fingerprint density at radius 1 is 1.42 bits per heavy atom. The summed E-state index contributed by atoms with van der Waals surface area (Å²) < 4.78 is 24.8. The van der Waals surface area contributed by atoms with E-state index in [9.17, 15) is 8.78 Å². The van der Waals surface area contributed by atoms with E-state index >= 15 is 0 Å². The number of alkyl halides is 2. The van der Waals surface area contributed by atoms with E-state index in [2.05, 4.69) is 10.2 Å². The summed E-state index contributed by atoms with van der Waals surface area (Å²) in [5, 5.41) is 8.27. The molecular formula is C6H7F2N3S. The molecule has 2 rings (SSSR count). The number of nitrogens with zero attached hydrogens (tertiary/aromatic N) is 2. The van der Waals surface area contributed by atoms with Crippen LogP contribution in [0, 0.1) is 0 Å². The molecule has 1 heterocycles. The van der Waals surface area contributed by atoms with Gasteiger partial charge < -0.3 is 5.73 Å². The molecule has 2 N–H and O–H groups in total. The van der Waals surface area contributed by atoms with Gasteiger partial charge in [-0.3, -0.25) is 0 Å². The van der Waals surface area contributed by atoms with Gasteiger partial charge in [0.05, 0.1) is 0 Å². The summed E-state index contributed by atoms with van der Waals surface area (Å²) in [4.78, 5) is 0. The summed E-state index contributed by atoms with van der Waals surface area (Å²) in [5.74, 6) is -2.62. The van der Waals surface area contributed by atoms with Gasteiger partial charge in [0.1, 0.15) is 5.01 Å². The van der Waals surface area contributed by atoms with Crippen molar-refractivity contribution >= 4 is 16.5 Å². The third kappa shape index (κ3) is 1.26. The molecule has 0 bridgehead atoms. The summed E-state index contributed by atoms with van der Waals surface area (Å²) in [6.07, 6.45) is -0.219. The lowest BCUT2D eigenvalue weighted by atomic mass is 9.82. The third-order valence-corrected chi connectivity index (χ3v) is 2.81. The Balaban J connectivity index is 2.06. The largest absolute Gasteiger partial charge is 0.374 e. The van der Waals surface area contributed by atoms with Gasteiger partial charge in [-0.1, -0.05) is 11.3 Å². The molecule has 0 aromatic carbocycles. The molecule has 1 aromatic rings. The summed E-state index contributed by atoms with van der Waals surface area (Å²) >= 11 is 1.19. The molecular weight excluding hydrogens is 184 g/mol. The van der Waals surface area contributed by atoms with Gasteiger partial charge in [0.2, 0.25) is 11.1 Å². The zero-order valence-electron chi connectivity index (χ0n) is 6.13. The zero-order valence-corrected chi connectivity index (χ0v) is 6.94. The molecule has 0 spiro atoms. The van der Waals surface area contributed by atoms with Gasteiger partial charge in [-0.05, 0) is 0 Å². The van der Waals surface area contributed by atoms with Crippen LogP contribution in [-0.4, -0.2) is 16.1 Å². The minimum Gasteiger partial charge on any atom is -0.374 e. The Morgan fingerprint density at radius 3 is 2.50 bits per heavy atom. The zero-order chi connectivity index (χ0) is 8.77. The highest BCUT2D eigenvalue weighted by atomic mass is 32.1. The van der Waals surface area contributed by atoms with Crippen LogP contribution in [-0.2, 0) is 0 Å². The standard InChI is InChI=1S/C6H7F2N3S/c7-6(8)1-3(2-6)4-10-11-5(9)12-4/h3H,1-2H2,(H2,9,11). The second-order valence-corrected chi connectivity index (χ2v) is 3.98. The van der Waals surface area contributed by atoms with Crippen molar-refractivity contribution in [1.29, 1.82) is 0 Å². The van der Waals surface area contributed by atoms with Crippen molar-refractivity contribution in [2.24, 2.45) is 0 Å². The van der Waals surface area contributed by atoms with E-state index in [1.165, 1.54) is 11.3 Å². The summed E-state index contributed by atoms with van der Waals surface area (Å²) in [6.45, 7) is 0. The molecule has 0 unspecified atom stereocenters. The fourth-order valence-corrected chi connectivity index (χ4v) is 1.96. The van der Waals surface area contributed by atoms with E-state index in [0.717, 1.165) is 0 Å². The van der Waals surface area contributed by atoms with Crippen molar-refractivity contribution in [3.05, 3.63) is 5.01 Å². The topological polar surface area (TPSA) is 51.8 Å². The molecule has 1 fully saturated rings. The van der Waals surface area contributed by atoms with E-state index in [-0.39, 0.29) is 18.8 Å². The van der Waals surface area contributed by atoms with Crippen molar-refractivity contribution in [1.82, 2.24) is 10.2 Å². The van der Waals surface area contributed by atoms with Gasteiger partial charge in [0, 0.05) is 18.8 Å². The van der Waals surface area contributed by atoms with Crippen LogP contribution >= 0.6 is 11.3 Å². The number of rotatable bonds is 1. The molecule has 1 aromatic heterocycles. The summed E-state index contributed by atoms with van der Waals surface area (Å²) in [5.41, 5.74) is 5.32. The van der Waals surface area contributed by atoms with Crippen molar-refractivity contribution in [3.63, 3.8) is 0 Å². The average molecular weight is 191 g/mol. The number of hydrogen-bond acceptors (Lipinski definition) is 4. The van der Waals surface area contributed by atoms with Gasteiger partial charge in [-0.15, -0.1) is 10.2 Å². The molecule has 1 aliphatic rings. The van der Waals surface area contributed by atoms with Gasteiger partial charge >= 0.3 is 0 Å². The number of nitrogen functional groups attached to an aromatic ring is 1. The van der Waals surface area contributed by atoms with E-state index in [4.69, 9.17) is 5.73 Å². The first-order valence-corrected chi connectivity index (χ1v) is 4.35. The third-order valence-electron chi connectivity index (χ3n) is 1.90. The Labute approximate surface area is 71.6 Å². The second kappa shape index (κ2) is 2.35. The van der Waals surface area contributed by atoms with Crippen molar-refractivity contribution in [2.45, 2.75) is 24.7 Å². The van der Waals surface area contributed by atoms with Crippen molar-refractivity contribution in [3.8, 4) is 0 Å². The Bertz CT molecular complexity index is 291. The molecule has 1 saturated carbocycles. The highest BCUT2D eigenvalue weighted by Crippen LogP contribution is 2.48. The minimum absolute atomic E-state index is 0.109. The fourth-order valence-electron chi connectivity index (χ4n) is 1.25. The van der Waals surface area contributed by atoms with Crippen LogP contribution in [0.2, 0.25) is 0 Å². The van der Waals surface area contributed by atoms with Crippen LogP contribution in [0.1, 0.15) is 23.8 Å². The number of anilines is 1. The van der Waals surface area contributed by atoms with Crippen molar-refractivity contribution in [2.75, 3.05) is 5.73 Å². The molecule has 0 atom stereocenters. The summed E-state index contributed by atoms with van der Waals surface area (Å²) in [7, 11) is 0. The van der Waals surface area contributed by atoms with Gasteiger partial charge in [0.15, 0.2) is 0 Å². The maximum absolute atomic E-state index is 12.4. The van der Waals surface area contributed by atoms with Crippen LogP contribution in [0.5, 0.6) is 0 Å². The van der Waals surface area contributed by atoms with Crippen LogP contribution in [0.3, 0.4) is 0 Å². The van der Waals surface area contributed by atoms with Crippen LogP contribution in [0.15, 0.2) is 0 Å². The average Bonchev–Trinajstić information content (AvgIpc) is 2.30. The smallest absolute Gasteiger partial charge is 0.249 e. The number of nitrogens with two attached hydrogens (primary N) is 1. The first-order valence-electron chi connectivity index (χ1n) is 3.53. The molecule has 0 radical (unpaired) electrons. The van der Waals surface area contributed by atoms with Gasteiger partial charge in [0.25, 0.3) is 0 Å². The predicted molar refractivity (Wildman–Crippen MR) is 41.2 cm³/mol. The molecule has 0 amide bonds. The molecule has 1 aliphatic carbocycles.